The number of benzene rings is 8. The van der Waals surface area contributed by atoms with Gasteiger partial charge in [0.15, 0.2) is 0 Å². The Hall–Kier alpha value is -5.86. The van der Waals surface area contributed by atoms with Crippen LogP contribution in [0.4, 0.5) is 0 Å². The Bertz CT molecular complexity index is 3080. The monoisotopic (exact) mass is 924 g/mol. The fourth-order valence-corrected chi connectivity index (χ4v) is 14.5. The van der Waals surface area contributed by atoms with Gasteiger partial charge in [0.2, 0.25) is 0 Å². The van der Waals surface area contributed by atoms with E-state index in [0.29, 0.717) is 17.2 Å². The fraction of sp³-hybridized carbons (Fsp3) is 0.115. The van der Waals surface area contributed by atoms with Crippen LogP contribution in [0.25, 0.3) is 21.9 Å². The van der Waals surface area contributed by atoms with Crippen molar-refractivity contribution in [2.75, 3.05) is 26.7 Å². The molecule has 0 spiro atoms. The Morgan fingerprint density at radius 2 is 0.891 bits per heavy atom. The van der Waals surface area contributed by atoms with Gasteiger partial charge in [-0.3, -0.25) is 4.57 Å². The van der Waals surface area contributed by atoms with E-state index in [2.05, 4.69) is 0 Å². The zero-order valence-electron chi connectivity index (χ0n) is 36.4. The van der Waals surface area contributed by atoms with Crippen LogP contribution in [0.15, 0.2) is 182 Å². The van der Waals surface area contributed by atoms with Gasteiger partial charge in [0.05, 0.1) is 28.0 Å². The van der Waals surface area contributed by atoms with Crippen LogP contribution in [0.2, 0.25) is 0 Å². The van der Waals surface area contributed by atoms with Crippen LogP contribution in [0.3, 0.4) is 0 Å². The molecular weight excluding hydrogens is 876 g/mol. The maximum atomic E-state index is 13.1. The Morgan fingerprint density at radius 3 is 1.42 bits per heavy atom. The molecule has 8 aromatic rings. The normalized spacial score (nSPS) is 16.4. The number of para-hydroxylation sites is 1. The molecule has 0 saturated carbocycles. The Labute approximate surface area is 375 Å². The van der Waals surface area contributed by atoms with Crippen molar-refractivity contribution in [3.8, 4) is 39.9 Å². The number of hydrogen-bond acceptors (Lipinski definition) is 8. The number of fused-ring (bicyclic) bond motifs is 5. The van der Waals surface area contributed by atoms with Crippen LogP contribution < -0.4 is 44.8 Å². The third-order valence-electron chi connectivity index (χ3n) is 11.0. The lowest BCUT2D eigenvalue weighted by Gasteiger charge is -2.26. The van der Waals surface area contributed by atoms with E-state index in [-0.39, 0.29) is 0 Å². The van der Waals surface area contributed by atoms with E-state index in [1.807, 2.05) is 209 Å². The summed E-state index contributed by atoms with van der Waals surface area (Å²) in [5.74, 6) is 3.44. The summed E-state index contributed by atoms with van der Waals surface area (Å²) in [7, 11) is -10.6. The van der Waals surface area contributed by atoms with Crippen LogP contribution in [-0.2, 0) is 18.3 Å². The van der Waals surface area contributed by atoms with Gasteiger partial charge >= 0.3 is 7.60 Å². The van der Waals surface area contributed by atoms with Crippen LogP contribution in [0.1, 0.15) is 11.1 Å². The maximum Gasteiger partial charge on any atom is 0.427 e. The molecule has 0 saturated heterocycles. The summed E-state index contributed by atoms with van der Waals surface area (Å²) in [4.78, 5) is 0. The largest absolute Gasteiger partial charge is 0.456 e. The standard InChI is InChI=1S/C15H15O2P.C13H11O2P.C13H13OP.C11H9O3P/c1-10-4-6-12-14(8-10)18(3,16)15-9-11(2)5-7-13(15)17-12;1-16(14)13-9-5-3-7-11(13)10-6-2-4-8-12(10)15-16;1-15(14,12-8-4-2-5-9-12)13-10-6-3-7-11-13;1-15(12)13-9-6-2-4-8-5-3-7-10(14-15)11(8)9/h4-9H,1-3H3;2-9H,1H3;2-11H,1H3;2-7H,1H3. The highest BCUT2D eigenvalue weighted by Gasteiger charge is 2.34. The summed E-state index contributed by atoms with van der Waals surface area (Å²) in [6.45, 7) is 10.8. The van der Waals surface area contributed by atoms with E-state index in [1.165, 1.54) is 6.66 Å². The van der Waals surface area contributed by atoms with Crippen LogP contribution in [0.5, 0.6) is 28.7 Å². The first-order valence-corrected chi connectivity index (χ1v) is 29.0. The summed E-state index contributed by atoms with van der Waals surface area (Å²) in [6, 6.07) is 57.8. The van der Waals surface area contributed by atoms with Crippen molar-refractivity contribution in [3.63, 3.8) is 0 Å². The van der Waals surface area contributed by atoms with Gasteiger partial charge in [-0.25, -0.2) is 4.57 Å². The topological polar surface area (TPSA) is 105 Å². The second-order valence-corrected chi connectivity index (χ2v) is 26.0. The number of rotatable bonds is 2. The lowest BCUT2D eigenvalue weighted by Crippen LogP contribution is -2.24. The second-order valence-electron chi connectivity index (χ2n) is 16.1. The predicted octanol–water partition coefficient (Wildman–Crippen LogP) is 12.7. The quantitative estimate of drug-likeness (QED) is 0.158. The van der Waals surface area contributed by atoms with Gasteiger partial charge in [-0.1, -0.05) is 145 Å². The average molecular weight is 925 g/mol. The van der Waals surface area contributed by atoms with Crippen LogP contribution >= 0.6 is 29.2 Å². The lowest BCUT2D eigenvalue weighted by molar-refractivity contribution is 0.386. The second kappa shape index (κ2) is 18.0. The number of aryl methyl sites for hydroxylation is 2. The molecule has 0 bridgehead atoms. The molecule has 3 aliphatic rings. The van der Waals surface area contributed by atoms with Crippen molar-refractivity contribution in [1.29, 1.82) is 0 Å². The molecular formula is C52H48O8P4. The van der Waals surface area contributed by atoms with Gasteiger partial charge in [0.1, 0.15) is 43.0 Å². The van der Waals surface area contributed by atoms with E-state index in [0.717, 1.165) is 71.0 Å². The van der Waals surface area contributed by atoms with E-state index in [4.69, 9.17) is 18.3 Å². The molecule has 0 N–H and O–H groups in total. The minimum Gasteiger partial charge on any atom is -0.456 e. The maximum absolute atomic E-state index is 13.1. The van der Waals surface area contributed by atoms with E-state index in [9.17, 15) is 18.3 Å². The fourth-order valence-electron chi connectivity index (χ4n) is 7.78. The highest BCUT2D eigenvalue weighted by atomic mass is 31.2. The third-order valence-corrected chi connectivity index (χ3v) is 19.0. The molecule has 0 aromatic heterocycles. The molecule has 11 rings (SSSR count). The van der Waals surface area contributed by atoms with Gasteiger partial charge in [0, 0.05) is 22.8 Å². The summed E-state index contributed by atoms with van der Waals surface area (Å²) < 4.78 is 72.0. The van der Waals surface area contributed by atoms with Gasteiger partial charge in [-0.2, -0.15) is 0 Å². The zero-order valence-corrected chi connectivity index (χ0v) is 40.0. The molecule has 0 radical (unpaired) electrons. The predicted molar refractivity (Wildman–Crippen MR) is 265 cm³/mol. The molecule has 324 valence electrons. The van der Waals surface area contributed by atoms with Crippen molar-refractivity contribution in [2.24, 2.45) is 0 Å². The summed E-state index contributed by atoms with van der Waals surface area (Å²) in [6.07, 6.45) is 0. The minimum absolute atomic E-state index is 0.639. The summed E-state index contributed by atoms with van der Waals surface area (Å²) >= 11 is 0. The highest BCUT2D eigenvalue weighted by Crippen LogP contribution is 2.54. The molecule has 0 amide bonds. The number of ether oxygens (including phenoxy) is 1. The van der Waals surface area contributed by atoms with E-state index < -0.39 is 29.2 Å². The minimum atomic E-state index is -2.98. The van der Waals surface area contributed by atoms with Crippen molar-refractivity contribution in [2.45, 2.75) is 13.8 Å². The molecule has 8 aromatic carbocycles. The first-order valence-electron chi connectivity index (χ1n) is 20.6. The van der Waals surface area contributed by atoms with Gasteiger partial charge in [0.25, 0.3) is 7.37 Å². The molecule has 8 nitrogen and oxygen atoms in total. The Kier molecular flexibility index (Phi) is 12.6. The first kappa shape index (κ1) is 44.7. The van der Waals surface area contributed by atoms with Crippen molar-refractivity contribution >= 4 is 66.5 Å². The zero-order chi connectivity index (χ0) is 45.3. The Balaban J connectivity index is 0.000000117. The Morgan fingerprint density at radius 1 is 0.438 bits per heavy atom. The molecule has 12 heteroatoms. The summed E-state index contributed by atoms with van der Waals surface area (Å²) in [5, 5.41) is 6.24. The lowest BCUT2D eigenvalue weighted by atomic mass is 10.0. The van der Waals surface area contributed by atoms with Crippen molar-refractivity contribution < 1.29 is 36.6 Å². The molecule has 0 aliphatic carbocycles. The van der Waals surface area contributed by atoms with E-state index in [1.54, 1.807) is 6.66 Å². The molecule has 0 fully saturated rings. The van der Waals surface area contributed by atoms with E-state index >= 15 is 0 Å². The SMILES string of the molecule is CP(=O)(c1ccccc1)c1ccccc1.CP1(=O)Oc2cccc3cccc(c23)O1.CP1(=O)Oc2ccccc2-c2ccccc21.Cc1ccc2c(c1)P(C)(=O)c1cc(C)ccc1O2. The molecule has 3 heterocycles. The van der Waals surface area contributed by atoms with Crippen LogP contribution in [-0.4, -0.2) is 26.7 Å². The smallest absolute Gasteiger partial charge is 0.427 e. The molecule has 1 atom stereocenters. The van der Waals surface area contributed by atoms with Gasteiger partial charge < -0.3 is 27.4 Å². The highest BCUT2D eigenvalue weighted by molar-refractivity contribution is 7.78. The molecule has 1 unspecified atom stereocenters. The summed E-state index contributed by atoms with van der Waals surface area (Å²) in [5.41, 5.74) is 4.26. The first-order chi connectivity index (χ1) is 30.5. The molecule has 64 heavy (non-hydrogen) atoms. The van der Waals surface area contributed by atoms with Gasteiger partial charge in [-0.15, -0.1) is 0 Å². The van der Waals surface area contributed by atoms with Crippen molar-refractivity contribution in [1.82, 2.24) is 0 Å². The van der Waals surface area contributed by atoms with Crippen molar-refractivity contribution in [3.05, 3.63) is 193 Å². The van der Waals surface area contributed by atoms with Gasteiger partial charge in [-0.05, 0) is 86.7 Å². The van der Waals surface area contributed by atoms with Crippen LogP contribution in [0, 0.1) is 13.8 Å². The average Bonchev–Trinajstić information content (AvgIpc) is 3.28. The third kappa shape index (κ3) is 9.35. The number of hydrogen-bond donors (Lipinski definition) is 0. The molecule has 3 aliphatic heterocycles.